The summed E-state index contributed by atoms with van der Waals surface area (Å²) in [5.74, 6) is -0.0949. The Morgan fingerprint density at radius 3 is 1.27 bits per heavy atom. The summed E-state index contributed by atoms with van der Waals surface area (Å²) in [5.41, 5.74) is 0. The Morgan fingerprint density at radius 2 is 0.806 bits per heavy atom. The van der Waals surface area contributed by atoms with Crippen molar-refractivity contribution in [3.63, 3.8) is 0 Å². The Bertz CT molecular complexity index is 999. The van der Waals surface area contributed by atoms with E-state index in [1.54, 1.807) is 0 Å². The molecule has 0 bridgehead atoms. The first-order chi connectivity index (χ1) is 30.4. The van der Waals surface area contributed by atoms with Crippen LogP contribution in [0.15, 0.2) is 36.5 Å². The molecule has 0 aliphatic heterocycles. The molecule has 0 aliphatic rings. The summed E-state index contributed by atoms with van der Waals surface area (Å²) in [6, 6.07) is 0. The highest BCUT2D eigenvalue weighted by molar-refractivity contribution is 5.69. The molecular weight excluding hydrogens is 771 g/mol. The molecule has 0 amide bonds. The van der Waals surface area contributed by atoms with E-state index >= 15 is 0 Å². The van der Waals surface area contributed by atoms with Gasteiger partial charge in [-0.3, -0.25) is 9.59 Å². The van der Waals surface area contributed by atoms with E-state index in [0.717, 1.165) is 96.4 Å². The van der Waals surface area contributed by atoms with E-state index in [9.17, 15) is 9.59 Å². The van der Waals surface area contributed by atoms with Crippen molar-refractivity contribution in [1.82, 2.24) is 4.90 Å². The van der Waals surface area contributed by atoms with Gasteiger partial charge < -0.3 is 23.8 Å². The van der Waals surface area contributed by atoms with E-state index in [0.29, 0.717) is 32.7 Å². The van der Waals surface area contributed by atoms with Crippen LogP contribution >= 0.6 is 0 Å². The third-order valence-electron chi connectivity index (χ3n) is 11.7. The minimum Gasteiger partial charge on any atom is -0.462 e. The maximum atomic E-state index is 12.8. The van der Waals surface area contributed by atoms with Gasteiger partial charge in [0.2, 0.25) is 0 Å². The lowest BCUT2D eigenvalue weighted by Crippen LogP contribution is -2.19. The molecule has 0 heterocycles. The van der Waals surface area contributed by atoms with Crippen LogP contribution in [-0.4, -0.2) is 69.7 Å². The number of rotatable bonds is 49. The van der Waals surface area contributed by atoms with Gasteiger partial charge in [-0.1, -0.05) is 179 Å². The van der Waals surface area contributed by atoms with Crippen LogP contribution in [0.3, 0.4) is 0 Å². The Hall–Kier alpha value is -1.96. The molecule has 0 aromatic carbocycles. The maximum Gasteiger partial charge on any atom is 0.306 e. The van der Waals surface area contributed by atoms with Gasteiger partial charge in [0.25, 0.3) is 0 Å². The van der Waals surface area contributed by atoms with Crippen LogP contribution in [-0.2, 0) is 28.5 Å². The Labute approximate surface area is 385 Å². The van der Waals surface area contributed by atoms with Crippen LogP contribution in [0.4, 0.5) is 0 Å². The van der Waals surface area contributed by atoms with Gasteiger partial charge >= 0.3 is 11.9 Å². The quantitative estimate of drug-likeness (QED) is 0.0261. The first-order valence-corrected chi connectivity index (χ1v) is 26.6. The molecule has 0 N–H and O–H groups in total. The number of esters is 2. The molecule has 364 valence electrons. The van der Waals surface area contributed by atoms with Gasteiger partial charge in [0.1, 0.15) is 12.7 Å². The summed E-state index contributed by atoms with van der Waals surface area (Å²) in [6.45, 7) is 9.42. The van der Waals surface area contributed by atoms with E-state index in [1.165, 1.54) is 128 Å². The minimum absolute atomic E-state index is 0.0196. The van der Waals surface area contributed by atoms with Crippen molar-refractivity contribution < 1.29 is 28.5 Å². The third kappa shape index (κ3) is 47.5. The topological polar surface area (TPSA) is 74.3 Å². The average molecular weight is 874 g/mol. The highest BCUT2D eigenvalue weighted by atomic mass is 16.7. The fourth-order valence-corrected chi connectivity index (χ4v) is 7.67. The lowest BCUT2D eigenvalue weighted by molar-refractivity contribution is -0.150. The molecule has 0 saturated carbocycles. The number of unbranched alkanes of at least 4 members (excludes halogenated alkanes) is 25. The Morgan fingerprint density at radius 1 is 0.419 bits per heavy atom. The van der Waals surface area contributed by atoms with Crippen LogP contribution in [0.2, 0.25) is 0 Å². The van der Waals surface area contributed by atoms with Crippen LogP contribution in [0.1, 0.15) is 252 Å². The number of ether oxygens (including phenoxy) is 4. The van der Waals surface area contributed by atoms with Crippen molar-refractivity contribution in [1.29, 1.82) is 0 Å². The van der Waals surface area contributed by atoms with Crippen molar-refractivity contribution >= 4 is 11.9 Å². The van der Waals surface area contributed by atoms with E-state index in [2.05, 4.69) is 70.1 Å². The van der Waals surface area contributed by atoms with E-state index in [1.807, 2.05) is 6.08 Å². The maximum absolute atomic E-state index is 12.8. The molecular formula is C55H103NO6. The summed E-state index contributed by atoms with van der Waals surface area (Å²) < 4.78 is 23.8. The molecule has 0 spiro atoms. The van der Waals surface area contributed by atoms with Gasteiger partial charge in [-0.15, -0.1) is 0 Å². The second-order valence-electron chi connectivity index (χ2n) is 18.2. The normalized spacial score (nSPS) is 12.6. The molecule has 1 unspecified atom stereocenters. The highest BCUT2D eigenvalue weighted by Crippen LogP contribution is 2.19. The van der Waals surface area contributed by atoms with Crippen molar-refractivity contribution in [3.05, 3.63) is 36.5 Å². The van der Waals surface area contributed by atoms with E-state index in [-0.39, 0.29) is 24.3 Å². The second-order valence-corrected chi connectivity index (χ2v) is 18.2. The summed E-state index contributed by atoms with van der Waals surface area (Å²) >= 11 is 0. The molecule has 7 heteroatoms. The van der Waals surface area contributed by atoms with Gasteiger partial charge in [-0.05, 0) is 117 Å². The molecule has 0 radical (unpaired) electrons. The highest BCUT2D eigenvalue weighted by Gasteiger charge is 2.15. The SMILES string of the molecule is CCCCCC/C=C\COC(=O)CCCCCCCCCC(CCCCCCCCCC(OC/C=C\CCCCCC)OC/C=C\CCCCCC)OC(=O)CCCCN(C)C. The monoisotopic (exact) mass is 874 g/mol. The number of carbonyl (C=O) groups is 2. The summed E-state index contributed by atoms with van der Waals surface area (Å²) in [7, 11) is 4.16. The van der Waals surface area contributed by atoms with Gasteiger partial charge in [-0.25, -0.2) is 0 Å². The first-order valence-electron chi connectivity index (χ1n) is 26.6. The van der Waals surface area contributed by atoms with Crippen molar-refractivity contribution in [3.8, 4) is 0 Å². The molecule has 1 atom stereocenters. The molecule has 0 fully saturated rings. The lowest BCUT2D eigenvalue weighted by Gasteiger charge is -2.18. The molecule has 0 aromatic rings. The molecule has 7 nitrogen and oxygen atoms in total. The lowest BCUT2D eigenvalue weighted by atomic mass is 10.0. The van der Waals surface area contributed by atoms with Gasteiger partial charge in [-0.2, -0.15) is 0 Å². The van der Waals surface area contributed by atoms with Crippen LogP contribution in [0.25, 0.3) is 0 Å². The molecule has 0 aliphatic carbocycles. The van der Waals surface area contributed by atoms with Crippen molar-refractivity contribution in [2.75, 3.05) is 40.5 Å². The smallest absolute Gasteiger partial charge is 0.306 e. The van der Waals surface area contributed by atoms with E-state index in [4.69, 9.17) is 18.9 Å². The second kappa shape index (κ2) is 50.0. The van der Waals surface area contributed by atoms with Crippen molar-refractivity contribution in [2.45, 2.75) is 264 Å². The third-order valence-corrected chi connectivity index (χ3v) is 11.7. The van der Waals surface area contributed by atoms with Crippen molar-refractivity contribution in [2.24, 2.45) is 0 Å². The van der Waals surface area contributed by atoms with Crippen LogP contribution < -0.4 is 0 Å². The number of hydrogen-bond donors (Lipinski definition) is 0. The standard InChI is InChI=1S/C55H103NO6/c1-6-9-12-15-24-31-40-49-59-53(57)45-36-29-22-18-20-27-34-43-52(62-54(58)46-38-39-48-56(4)5)44-35-28-21-19-23-30-37-47-55(60-50-41-32-25-16-13-10-7-2)61-51-42-33-26-17-14-11-8-3/h31-33,40-42,52,55H,6-30,34-39,43-51H2,1-5H3/b40-31-,41-32-,42-33-. The predicted octanol–water partition coefficient (Wildman–Crippen LogP) is 16.1. The van der Waals surface area contributed by atoms with Gasteiger partial charge in [0.05, 0.1) is 13.2 Å². The molecule has 62 heavy (non-hydrogen) atoms. The predicted molar refractivity (Wildman–Crippen MR) is 266 cm³/mol. The number of carbonyl (C=O) groups excluding carboxylic acids is 2. The Balaban J connectivity index is 4.43. The largest absolute Gasteiger partial charge is 0.462 e. The van der Waals surface area contributed by atoms with Gasteiger partial charge in [0, 0.05) is 12.8 Å². The van der Waals surface area contributed by atoms with Gasteiger partial charge in [0.15, 0.2) is 6.29 Å². The fraction of sp³-hybridized carbons (Fsp3) is 0.855. The molecule has 0 saturated heterocycles. The minimum atomic E-state index is -0.137. The fourth-order valence-electron chi connectivity index (χ4n) is 7.67. The molecule has 0 rings (SSSR count). The zero-order valence-electron chi connectivity index (χ0n) is 41.8. The zero-order valence-corrected chi connectivity index (χ0v) is 41.8. The average Bonchev–Trinajstić information content (AvgIpc) is 3.26. The summed E-state index contributed by atoms with van der Waals surface area (Å²) in [5, 5.41) is 0. The molecule has 0 aromatic heterocycles. The number of allylic oxidation sites excluding steroid dienone is 3. The summed E-state index contributed by atoms with van der Waals surface area (Å²) in [4.78, 5) is 27.0. The van der Waals surface area contributed by atoms with Crippen LogP contribution in [0, 0.1) is 0 Å². The Kier molecular flexibility index (Phi) is 48.5. The first kappa shape index (κ1) is 60.0. The van der Waals surface area contributed by atoms with Crippen LogP contribution in [0.5, 0.6) is 0 Å². The van der Waals surface area contributed by atoms with E-state index < -0.39 is 0 Å². The number of nitrogens with zero attached hydrogens (tertiary/aromatic N) is 1. The number of hydrogen-bond acceptors (Lipinski definition) is 7. The summed E-state index contributed by atoms with van der Waals surface area (Å²) in [6.07, 6.45) is 53.8. The zero-order chi connectivity index (χ0) is 45.2.